The maximum absolute atomic E-state index is 13.8. The molecular weight excluding hydrogens is 875 g/mol. The zero-order valence-corrected chi connectivity index (χ0v) is 34.7. The fourth-order valence-electron chi connectivity index (χ4n) is 6.26. The summed E-state index contributed by atoms with van der Waals surface area (Å²) >= 11 is 3.82. The van der Waals surface area contributed by atoms with Gasteiger partial charge < -0.3 is 57.9 Å². The molecule has 1 saturated heterocycles. The first-order valence-electron chi connectivity index (χ1n) is 19.4. The normalized spacial score (nSPS) is 15.9. The molecule has 1 aromatic heterocycles. The number of aliphatic carboxylic acids is 3. The molecule has 64 heavy (non-hydrogen) atoms. The van der Waals surface area contributed by atoms with Crippen molar-refractivity contribution in [3.05, 3.63) is 36.0 Å². The van der Waals surface area contributed by atoms with Gasteiger partial charge in [0.05, 0.1) is 48.8 Å². The van der Waals surface area contributed by atoms with Crippen molar-refractivity contribution in [1.82, 2.24) is 36.5 Å². The summed E-state index contributed by atoms with van der Waals surface area (Å²) in [4.78, 5) is 131. The Labute approximate surface area is 367 Å². The van der Waals surface area contributed by atoms with Crippen molar-refractivity contribution in [1.29, 1.82) is 5.26 Å². The van der Waals surface area contributed by atoms with E-state index >= 15 is 0 Å². The number of hydrogen-bond donors (Lipinski definition) is 11. The van der Waals surface area contributed by atoms with Gasteiger partial charge in [0.15, 0.2) is 0 Å². The van der Waals surface area contributed by atoms with Gasteiger partial charge in [0.25, 0.3) is 11.8 Å². The van der Waals surface area contributed by atoms with Gasteiger partial charge in [-0.2, -0.15) is 17.9 Å². The van der Waals surface area contributed by atoms with Crippen molar-refractivity contribution >= 4 is 88.5 Å². The molecule has 0 aliphatic carbocycles. The predicted molar refractivity (Wildman–Crippen MR) is 219 cm³/mol. The van der Waals surface area contributed by atoms with E-state index in [9.17, 15) is 77.3 Å². The van der Waals surface area contributed by atoms with Crippen molar-refractivity contribution in [3.63, 3.8) is 0 Å². The molecular formula is C38H46F2N10O13S. The van der Waals surface area contributed by atoms with Crippen LogP contribution in [-0.2, 0) is 43.2 Å². The average Bonchev–Trinajstić information content (AvgIpc) is 3.56. The molecule has 2 heterocycles. The number of fused-ring (bicyclic) bond motifs is 1. The number of thiol groups is 1. The van der Waals surface area contributed by atoms with Crippen molar-refractivity contribution in [2.75, 3.05) is 30.7 Å². The molecule has 0 radical (unpaired) electrons. The number of nitrogens with zero attached hydrogens (tertiary/aromatic N) is 3. The zero-order valence-electron chi connectivity index (χ0n) is 33.8. The number of anilines is 1. The van der Waals surface area contributed by atoms with Crippen molar-refractivity contribution < 1.29 is 72.0 Å². The van der Waals surface area contributed by atoms with Crippen LogP contribution in [0.3, 0.4) is 0 Å². The van der Waals surface area contributed by atoms with Gasteiger partial charge in [0.1, 0.15) is 30.2 Å². The van der Waals surface area contributed by atoms with E-state index in [2.05, 4.69) is 44.2 Å². The first-order chi connectivity index (χ1) is 30.2. The molecule has 26 heteroatoms. The summed E-state index contributed by atoms with van der Waals surface area (Å²) in [6.45, 7) is -1.51. The topological polar surface area (TPSA) is 370 Å². The molecule has 1 aliphatic heterocycles. The van der Waals surface area contributed by atoms with Gasteiger partial charge in [-0.1, -0.05) is 12.1 Å². The van der Waals surface area contributed by atoms with Crippen LogP contribution in [0.2, 0.25) is 0 Å². The smallest absolute Gasteiger partial charge is 0.327 e. The molecule has 1 aliphatic rings. The second kappa shape index (κ2) is 24.0. The van der Waals surface area contributed by atoms with Crippen LogP contribution >= 0.6 is 12.6 Å². The highest BCUT2D eigenvalue weighted by Crippen LogP contribution is 2.31. The average molecular weight is 921 g/mol. The molecule has 346 valence electrons. The highest BCUT2D eigenvalue weighted by molar-refractivity contribution is 7.80. The number of nitrogens with two attached hydrogens (primary N) is 1. The molecule has 3 rings (SSSR count). The maximum Gasteiger partial charge on any atom is 0.327 e. The van der Waals surface area contributed by atoms with Crippen molar-refractivity contribution in [2.24, 2.45) is 5.73 Å². The number of para-hydroxylation sites is 1. The van der Waals surface area contributed by atoms with Crippen LogP contribution in [-0.4, -0.2) is 146 Å². The largest absolute Gasteiger partial charge is 0.481 e. The Morgan fingerprint density at radius 2 is 1.45 bits per heavy atom. The van der Waals surface area contributed by atoms with Crippen LogP contribution < -0.4 is 37.6 Å². The number of hydrogen-bond acceptors (Lipinski definition) is 14. The number of carboxylic acid groups (broad SMARTS) is 3. The van der Waals surface area contributed by atoms with Crippen LogP contribution in [0.4, 0.5) is 14.5 Å². The lowest BCUT2D eigenvalue weighted by Crippen LogP contribution is -2.58. The van der Waals surface area contributed by atoms with E-state index in [0.717, 1.165) is 0 Å². The number of nitrogens with one attached hydrogen (secondary N) is 6. The number of carboxylic acids is 3. The first kappa shape index (κ1) is 51.3. The lowest BCUT2D eigenvalue weighted by molar-refractivity contribution is -0.143. The second-order valence-electron chi connectivity index (χ2n) is 14.3. The first-order valence-corrected chi connectivity index (χ1v) is 20.0. The number of carbonyl (C=O) groups is 10. The van der Waals surface area contributed by atoms with Crippen molar-refractivity contribution in [3.8, 4) is 6.07 Å². The third-order valence-electron chi connectivity index (χ3n) is 9.43. The molecule has 7 amide bonds. The number of pyridine rings is 1. The molecule has 5 atom stereocenters. The number of aromatic nitrogens is 1. The third-order valence-corrected chi connectivity index (χ3v) is 9.79. The third kappa shape index (κ3) is 15.4. The van der Waals surface area contributed by atoms with E-state index < -0.39 is 141 Å². The molecule has 2 aromatic rings. The molecule has 1 aromatic carbocycles. The summed E-state index contributed by atoms with van der Waals surface area (Å²) < 4.78 is 27.6. The molecule has 1 fully saturated rings. The SMILES string of the molecule is N#C[C@@H]1CC(F)(F)CN1C(=O)CNC(=O)c1ccnc2c(NC(=O)CCC(=O)N[C@@H](CC(=O)O)C(=O)N[C@@H](CCCCN)C(=O)N[C@@H](CC(=O)O)C(=O)N[C@@H](CS)C(=O)O)cccc12. The molecule has 23 nitrogen and oxygen atoms in total. The summed E-state index contributed by atoms with van der Waals surface area (Å²) in [5, 5.41) is 51.0. The molecule has 0 unspecified atom stereocenters. The number of carbonyl (C=O) groups excluding carboxylic acids is 7. The quantitative estimate of drug-likeness (QED) is 0.0421. The number of benzene rings is 1. The minimum absolute atomic E-state index is 0.0117. The van der Waals surface area contributed by atoms with Gasteiger partial charge in [0, 0.05) is 36.6 Å². The van der Waals surface area contributed by atoms with Gasteiger partial charge in [-0.25, -0.2) is 13.6 Å². The van der Waals surface area contributed by atoms with E-state index in [1.165, 1.54) is 30.5 Å². The lowest BCUT2D eigenvalue weighted by Gasteiger charge is -2.25. The van der Waals surface area contributed by atoms with Gasteiger partial charge in [-0.05, 0) is 37.9 Å². The number of amides is 7. The van der Waals surface area contributed by atoms with Gasteiger partial charge in [0.2, 0.25) is 35.4 Å². The minimum atomic E-state index is -3.25. The summed E-state index contributed by atoms with van der Waals surface area (Å²) in [5.41, 5.74) is 5.71. The van der Waals surface area contributed by atoms with Crippen LogP contribution in [0.25, 0.3) is 10.9 Å². The summed E-state index contributed by atoms with van der Waals surface area (Å²) in [6.07, 6.45) is -2.34. The van der Waals surface area contributed by atoms with Crippen LogP contribution in [0, 0.1) is 11.3 Å². The Morgan fingerprint density at radius 1 is 0.859 bits per heavy atom. The van der Waals surface area contributed by atoms with E-state index in [1.54, 1.807) is 6.07 Å². The second-order valence-corrected chi connectivity index (χ2v) is 14.7. The van der Waals surface area contributed by atoms with E-state index in [4.69, 9.17) is 5.73 Å². The van der Waals surface area contributed by atoms with Gasteiger partial charge in [-0.3, -0.25) is 48.1 Å². The standard InChI is InChI=1S/C38H46F2N10O13S/c39-38(40)14-19(15-42)50(18-38)29(53)16-44-33(58)21-9-11-43-32-20(21)4-3-6-22(32)45-27(51)7-8-28(52)46-24(12-30(54)55)35(60)47-23(5-1-2-10-41)34(59)48-25(13-31(56)57)36(61)49-26(17-64)37(62)63/h3-4,6,9,11,19,23-26,64H,1-2,5,7-8,10,12-14,16-18,41H2,(H,44,58)(H,45,51)(H,46,52)(H,47,60)(H,48,59)(H,49,61)(H,54,55)(H,56,57)(H,62,63)/t19-,23-,24-,25-,26-/m0/s1. The summed E-state index contributed by atoms with van der Waals surface area (Å²) in [6, 6.07) is -0.776. The van der Waals surface area contributed by atoms with E-state index in [-0.39, 0.29) is 47.3 Å². The maximum atomic E-state index is 13.8. The van der Waals surface area contributed by atoms with Crippen molar-refractivity contribution in [2.45, 2.75) is 87.5 Å². The molecule has 0 saturated carbocycles. The Balaban J connectivity index is 1.67. The Bertz CT molecular complexity index is 2180. The number of likely N-dealkylation sites (tertiary alicyclic amines) is 1. The summed E-state index contributed by atoms with van der Waals surface area (Å²) in [7, 11) is 0. The minimum Gasteiger partial charge on any atom is -0.481 e. The Morgan fingerprint density at radius 3 is 2.05 bits per heavy atom. The summed E-state index contributed by atoms with van der Waals surface area (Å²) in [5.74, 6) is -15.1. The number of halogens is 2. The van der Waals surface area contributed by atoms with Crippen LogP contribution in [0.15, 0.2) is 30.5 Å². The molecule has 11 N–H and O–H groups in total. The Kier molecular flexibility index (Phi) is 19.3. The predicted octanol–water partition coefficient (Wildman–Crippen LogP) is -1.52. The zero-order chi connectivity index (χ0) is 47.7. The van der Waals surface area contributed by atoms with Crippen LogP contribution in [0.1, 0.15) is 61.7 Å². The highest BCUT2D eigenvalue weighted by atomic mass is 32.1. The monoisotopic (exact) mass is 920 g/mol. The number of rotatable bonds is 24. The Hall–Kier alpha value is -7.01. The number of nitriles is 1. The lowest BCUT2D eigenvalue weighted by atomic mass is 10.1. The number of alkyl halides is 2. The van der Waals surface area contributed by atoms with Gasteiger partial charge >= 0.3 is 17.9 Å². The highest BCUT2D eigenvalue weighted by Gasteiger charge is 2.47. The molecule has 0 spiro atoms. The number of unbranched alkanes of at least 4 members (excludes halogenated alkanes) is 1. The van der Waals surface area contributed by atoms with Gasteiger partial charge in [-0.15, -0.1) is 0 Å². The molecule has 0 bridgehead atoms. The van der Waals surface area contributed by atoms with E-state index in [0.29, 0.717) is 11.3 Å². The fourth-order valence-corrected chi connectivity index (χ4v) is 6.51. The van der Waals surface area contributed by atoms with E-state index in [1.807, 2.05) is 5.32 Å². The van der Waals surface area contributed by atoms with Crippen LogP contribution in [0.5, 0.6) is 0 Å². The fraction of sp³-hybridized carbons (Fsp3) is 0.474.